The van der Waals surface area contributed by atoms with Gasteiger partial charge in [-0.3, -0.25) is 20.4 Å². The Balaban J connectivity index is 1.83. The van der Waals surface area contributed by atoms with Gasteiger partial charge in [0.25, 0.3) is 5.91 Å². The molecule has 1 aliphatic heterocycles. The van der Waals surface area contributed by atoms with E-state index in [1.807, 2.05) is 0 Å². The van der Waals surface area contributed by atoms with Crippen molar-refractivity contribution in [3.05, 3.63) is 35.1 Å². The van der Waals surface area contributed by atoms with Gasteiger partial charge in [-0.05, 0) is 37.0 Å². The lowest BCUT2D eigenvalue weighted by Crippen LogP contribution is -2.42. The Labute approximate surface area is 128 Å². The number of benzene rings is 1. The normalized spacial score (nSPS) is 19.6. The van der Waals surface area contributed by atoms with Crippen LogP contribution in [0.4, 0.5) is 4.39 Å². The standard InChI is InChI=1S/C14H17FN2O4S/c1-9-2-3-11(7-12(9)15)14(19)17-16-13(18)6-10-4-5-22(20,21)8-10/h2-3,7,10H,4-6,8H2,1H3,(H,16,18)(H,17,19)/t10-/m0/s1. The van der Waals surface area contributed by atoms with E-state index < -0.39 is 27.5 Å². The zero-order valence-corrected chi connectivity index (χ0v) is 12.9. The first kappa shape index (κ1) is 16.4. The van der Waals surface area contributed by atoms with Crippen molar-refractivity contribution in [2.75, 3.05) is 11.5 Å². The van der Waals surface area contributed by atoms with E-state index >= 15 is 0 Å². The van der Waals surface area contributed by atoms with E-state index in [0.717, 1.165) is 6.07 Å². The number of carbonyl (C=O) groups is 2. The van der Waals surface area contributed by atoms with Gasteiger partial charge in [0.2, 0.25) is 5.91 Å². The summed E-state index contributed by atoms with van der Waals surface area (Å²) in [4.78, 5) is 23.4. The number of amides is 2. The van der Waals surface area contributed by atoms with Gasteiger partial charge in [-0.15, -0.1) is 0 Å². The lowest BCUT2D eigenvalue weighted by molar-refractivity contribution is -0.122. The number of hydrazine groups is 1. The van der Waals surface area contributed by atoms with Crippen LogP contribution in [0.3, 0.4) is 0 Å². The molecule has 1 atom stereocenters. The van der Waals surface area contributed by atoms with Crippen molar-refractivity contribution in [3.8, 4) is 0 Å². The zero-order chi connectivity index (χ0) is 16.3. The van der Waals surface area contributed by atoms with E-state index in [2.05, 4.69) is 10.9 Å². The smallest absolute Gasteiger partial charge is 0.269 e. The van der Waals surface area contributed by atoms with Gasteiger partial charge in [-0.1, -0.05) is 6.07 Å². The van der Waals surface area contributed by atoms with Gasteiger partial charge in [0, 0.05) is 12.0 Å². The van der Waals surface area contributed by atoms with Crippen LogP contribution in [0.25, 0.3) is 0 Å². The SMILES string of the molecule is Cc1ccc(C(=O)NNC(=O)C[C@@H]2CCS(=O)(=O)C2)cc1F. The first-order valence-electron chi connectivity index (χ1n) is 6.82. The van der Waals surface area contributed by atoms with Crippen LogP contribution in [-0.2, 0) is 14.6 Å². The maximum atomic E-state index is 13.4. The highest BCUT2D eigenvalue weighted by atomic mass is 32.2. The topological polar surface area (TPSA) is 92.3 Å². The third-order valence-electron chi connectivity index (χ3n) is 3.55. The zero-order valence-electron chi connectivity index (χ0n) is 12.1. The second-order valence-electron chi connectivity index (χ2n) is 5.44. The minimum absolute atomic E-state index is 0.00244. The summed E-state index contributed by atoms with van der Waals surface area (Å²) in [7, 11) is -3.03. The highest BCUT2D eigenvalue weighted by molar-refractivity contribution is 7.91. The highest BCUT2D eigenvalue weighted by Crippen LogP contribution is 2.21. The molecule has 1 aliphatic rings. The Kier molecular flexibility index (Phi) is 4.80. The number of sulfone groups is 1. The fourth-order valence-corrected chi connectivity index (χ4v) is 4.14. The van der Waals surface area contributed by atoms with Gasteiger partial charge in [0.05, 0.1) is 11.5 Å². The average molecular weight is 328 g/mol. The number of hydrogen-bond acceptors (Lipinski definition) is 4. The second kappa shape index (κ2) is 6.43. The summed E-state index contributed by atoms with van der Waals surface area (Å²) in [6.45, 7) is 1.58. The Morgan fingerprint density at radius 3 is 2.64 bits per heavy atom. The Bertz CT molecular complexity index is 703. The van der Waals surface area contributed by atoms with Crippen LogP contribution in [0.1, 0.15) is 28.8 Å². The van der Waals surface area contributed by atoms with Crippen LogP contribution in [-0.4, -0.2) is 31.7 Å². The number of nitrogens with one attached hydrogen (secondary N) is 2. The first-order chi connectivity index (χ1) is 10.3. The summed E-state index contributed by atoms with van der Waals surface area (Å²) in [5.74, 6) is -1.74. The summed E-state index contributed by atoms with van der Waals surface area (Å²) in [6.07, 6.45) is 0.481. The molecule has 1 saturated heterocycles. The molecule has 1 fully saturated rings. The van der Waals surface area contributed by atoms with Gasteiger partial charge < -0.3 is 0 Å². The molecule has 1 aromatic rings. The maximum Gasteiger partial charge on any atom is 0.269 e. The molecule has 1 heterocycles. The number of carbonyl (C=O) groups excluding carboxylic acids is 2. The average Bonchev–Trinajstić information content (AvgIpc) is 2.78. The van der Waals surface area contributed by atoms with Gasteiger partial charge in [-0.25, -0.2) is 12.8 Å². The molecule has 2 N–H and O–H groups in total. The molecule has 2 rings (SSSR count). The van der Waals surface area contributed by atoms with Crippen LogP contribution in [0.2, 0.25) is 0 Å². The van der Waals surface area contributed by atoms with E-state index in [-0.39, 0.29) is 29.4 Å². The van der Waals surface area contributed by atoms with E-state index in [1.54, 1.807) is 6.92 Å². The Hall–Kier alpha value is -1.96. The van der Waals surface area contributed by atoms with Crippen LogP contribution >= 0.6 is 0 Å². The minimum Gasteiger partial charge on any atom is -0.273 e. The number of hydrogen-bond donors (Lipinski definition) is 2. The van der Waals surface area contributed by atoms with Crippen molar-refractivity contribution in [3.63, 3.8) is 0 Å². The molecular formula is C14H17FN2O4S. The quantitative estimate of drug-likeness (QED) is 0.800. The summed E-state index contributed by atoms with van der Waals surface area (Å²) >= 11 is 0. The minimum atomic E-state index is -3.03. The third-order valence-corrected chi connectivity index (χ3v) is 5.39. The fraction of sp³-hybridized carbons (Fsp3) is 0.429. The molecule has 0 bridgehead atoms. The predicted octanol–water partition coefficient (Wildman–Crippen LogP) is 0.720. The molecule has 120 valence electrons. The largest absolute Gasteiger partial charge is 0.273 e. The summed E-state index contributed by atoms with van der Waals surface area (Å²) in [5, 5.41) is 0. The van der Waals surface area contributed by atoms with Gasteiger partial charge in [0.1, 0.15) is 5.82 Å². The molecule has 0 aromatic heterocycles. The fourth-order valence-electron chi connectivity index (χ4n) is 2.28. The molecule has 2 amide bonds. The van der Waals surface area contributed by atoms with E-state index in [9.17, 15) is 22.4 Å². The van der Waals surface area contributed by atoms with Crippen molar-refractivity contribution < 1.29 is 22.4 Å². The first-order valence-corrected chi connectivity index (χ1v) is 8.65. The Morgan fingerprint density at radius 1 is 1.32 bits per heavy atom. The molecule has 8 heteroatoms. The number of aryl methyl sites for hydroxylation is 1. The summed E-state index contributed by atoms with van der Waals surface area (Å²) < 4.78 is 35.9. The monoisotopic (exact) mass is 328 g/mol. The van der Waals surface area contributed by atoms with Crippen molar-refractivity contribution in [2.24, 2.45) is 5.92 Å². The molecule has 0 radical (unpaired) electrons. The van der Waals surface area contributed by atoms with Crippen LogP contribution in [0, 0.1) is 18.7 Å². The molecule has 0 saturated carbocycles. The van der Waals surface area contributed by atoms with Crippen LogP contribution in [0.5, 0.6) is 0 Å². The maximum absolute atomic E-state index is 13.4. The molecule has 1 aromatic carbocycles. The van der Waals surface area contributed by atoms with Crippen molar-refractivity contribution >= 4 is 21.7 Å². The van der Waals surface area contributed by atoms with Crippen molar-refractivity contribution in [1.29, 1.82) is 0 Å². The van der Waals surface area contributed by atoms with Crippen molar-refractivity contribution in [2.45, 2.75) is 19.8 Å². The number of rotatable bonds is 3. The lowest BCUT2D eigenvalue weighted by atomic mass is 10.1. The highest BCUT2D eigenvalue weighted by Gasteiger charge is 2.29. The second-order valence-corrected chi connectivity index (χ2v) is 7.67. The summed E-state index contributed by atoms with van der Waals surface area (Å²) in [5.41, 5.74) is 4.91. The summed E-state index contributed by atoms with van der Waals surface area (Å²) in [6, 6.07) is 4.00. The van der Waals surface area contributed by atoms with Crippen molar-refractivity contribution in [1.82, 2.24) is 10.9 Å². The van der Waals surface area contributed by atoms with Gasteiger partial charge >= 0.3 is 0 Å². The van der Waals surface area contributed by atoms with E-state index in [0.29, 0.717) is 12.0 Å². The molecule has 0 unspecified atom stereocenters. The van der Waals surface area contributed by atoms with Crippen LogP contribution < -0.4 is 10.9 Å². The van der Waals surface area contributed by atoms with Crippen LogP contribution in [0.15, 0.2) is 18.2 Å². The van der Waals surface area contributed by atoms with E-state index in [4.69, 9.17) is 0 Å². The van der Waals surface area contributed by atoms with Gasteiger partial charge in [-0.2, -0.15) is 0 Å². The molecule has 22 heavy (non-hydrogen) atoms. The van der Waals surface area contributed by atoms with E-state index in [1.165, 1.54) is 12.1 Å². The molecular weight excluding hydrogens is 311 g/mol. The lowest BCUT2D eigenvalue weighted by Gasteiger charge is -2.10. The molecule has 6 nitrogen and oxygen atoms in total. The number of halogens is 1. The molecule has 0 aliphatic carbocycles. The van der Waals surface area contributed by atoms with Gasteiger partial charge in [0.15, 0.2) is 9.84 Å². The predicted molar refractivity (Wildman–Crippen MR) is 78.1 cm³/mol. The third kappa shape index (κ3) is 4.27. The Morgan fingerprint density at radius 2 is 2.05 bits per heavy atom. The molecule has 0 spiro atoms.